The summed E-state index contributed by atoms with van der Waals surface area (Å²) in [7, 11) is 0. The van der Waals surface area contributed by atoms with Gasteiger partial charge in [0.05, 0.1) is 24.0 Å². The average Bonchev–Trinajstić information content (AvgIpc) is 2.36. The molecule has 1 heterocycles. The Labute approximate surface area is 118 Å². The zero-order chi connectivity index (χ0) is 15.0. The molecule has 20 heavy (non-hydrogen) atoms. The lowest BCUT2D eigenvalue weighted by atomic mass is 10.2. The van der Waals surface area contributed by atoms with Gasteiger partial charge >= 0.3 is 5.97 Å². The molecule has 0 spiro atoms. The topological polar surface area (TPSA) is 91.3 Å². The van der Waals surface area contributed by atoms with Crippen LogP contribution >= 0.6 is 0 Å². The molecule has 3 N–H and O–H groups in total. The van der Waals surface area contributed by atoms with Gasteiger partial charge in [-0.3, -0.25) is 14.6 Å². The van der Waals surface area contributed by atoms with E-state index in [0.717, 1.165) is 13.0 Å². The molecule has 0 aliphatic carbocycles. The first-order chi connectivity index (χ1) is 9.47. The van der Waals surface area contributed by atoms with E-state index in [4.69, 9.17) is 5.11 Å². The average molecular weight is 279 g/mol. The van der Waals surface area contributed by atoms with E-state index in [0.29, 0.717) is 23.8 Å². The van der Waals surface area contributed by atoms with Gasteiger partial charge in [0, 0.05) is 12.5 Å². The number of carboxylic acid groups (broad SMARTS) is 1. The van der Waals surface area contributed by atoms with Gasteiger partial charge in [-0.2, -0.15) is 0 Å². The fourth-order valence-electron chi connectivity index (χ4n) is 1.62. The summed E-state index contributed by atoms with van der Waals surface area (Å²) in [5.74, 6) is -0.990. The van der Waals surface area contributed by atoms with Crippen molar-refractivity contribution in [2.45, 2.75) is 39.2 Å². The molecule has 1 rings (SSSR count). The van der Waals surface area contributed by atoms with Crippen molar-refractivity contribution in [3.63, 3.8) is 0 Å². The second kappa shape index (κ2) is 8.27. The fraction of sp³-hybridized carbons (Fsp3) is 0.500. The number of rotatable bonds is 8. The third-order valence-corrected chi connectivity index (χ3v) is 2.57. The van der Waals surface area contributed by atoms with Crippen molar-refractivity contribution in [2.24, 2.45) is 0 Å². The minimum absolute atomic E-state index is 0.0664. The van der Waals surface area contributed by atoms with E-state index in [1.165, 1.54) is 6.20 Å². The Morgan fingerprint density at radius 2 is 2.10 bits per heavy atom. The van der Waals surface area contributed by atoms with Crippen molar-refractivity contribution in [2.75, 3.05) is 11.9 Å². The molecule has 0 saturated carbocycles. The number of carbonyl (C=O) groups excluding carboxylic acids is 1. The maximum Gasteiger partial charge on any atom is 0.309 e. The first-order valence-corrected chi connectivity index (χ1v) is 6.67. The minimum atomic E-state index is -0.924. The molecule has 0 aliphatic heterocycles. The summed E-state index contributed by atoms with van der Waals surface area (Å²) < 4.78 is 0. The van der Waals surface area contributed by atoms with Gasteiger partial charge in [-0.25, -0.2) is 0 Å². The number of carbonyl (C=O) groups is 2. The van der Waals surface area contributed by atoms with Crippen molar-refractivity contribution in [3.8, 4) is 0 Å². The molecule has 0 saturated heterocycles. The molecule has 0 aliphatic rings. The lowest BCUT2D eigenvalue weighted by Crippen LogP contribution is -2.24. The number of hydrogen-bond acceptors (Lipinski definition) is 4. The largest absolute Gasteiger partial charge is 0.481 e. The molecule has 6 heteroatoms. The number of carboxylic acids is 1. The molecule has 0 unspecified atom stereocenters. The molecule has 0 fully saturated rings. The van der Waals surface area contributed by atoms with E-state index in [2.05, 4.69) is 29.5 Å². The summed E-state index contributed by atoms with van der Waals surface area (Å²) >= 11 is 0. The van der Waals surface area contributed by atoms with Crippen LogP contribution in [0, 0.1) is 0 Å². The molecule has 0 radical (unpaired) electrons. The predicted octanol–water partition coefficient (Wildman–Crippen LogP) is 1.43. The number of aliphatic carboxylic acids is 1. The summed E-state index contributed by atoms with van der Waals surface area (Å²) in [4.78, 5) is 26.2. The second-order valence-electron chi connectivity index (χ2n) is 4.87. The Hall–Kier alpha value is -1.95. The number of aromatic nitrogens is 1. The van der Waals surface area contributed by atoms with Gasteiger partial charge in [0.25, 0.3) is 0 Å². The second-order valence-corrected chi connectivity index (χ2v) is 4.87. The Morgan fingerprint density at radius 3 is 2.65 bits per heavy atom. The molecular formula is C14H21N3O3. The highest BCUT2D eigenvalue weighted by Gasteiger charge is 2.05. The van der Waals surface area contributed by atoms with Crippen LogP contribution < -0.4 is 10.6 Å². The summed E-state index contributed by atoms with van der Waals surface area (Å²) in [6.07, 6.45) is 2.57. The minimum Gasteiger partial charge on any atom is -0.481 e. The fourth-order valence-corrected chi connectivity index (χ4v) is 1.62. The van der Waals surface area contributed by atoms with Crippen LogP contribution in [0.25, 0.3) is 0 Å². The van der Waals surface area contributed by atoms with Crippen LogP contribution in [0.5, 0.6) is 0 Å². The number of pyridine rings is 1. The van der Waals surface area contributed by atoms with E-state index >= 15 is 0 Å². The zero-order valence-corrected chi connectivity index (χ0v) is 11.8. The SMILES string of the molecule is CC(C)NCCCC(=O)Nc1ccc(CC(=O)O)nc1. The molecule has 0 bridgehead atoms. The lowest BCUT2D eigenvalue weighted by molar-refractivity contribution is -0.136. The van der Waals surface area contributed by atoms with Crippen LogP contribution in [0.1, 0.15) is 32.4 Å². The Balaban J connectivity index is 2.33. The number of anilines is 1. The molecular weight excluding hydrogens is 258 g/mol. The van der Waals surface area contributed by atoms with E-state index in [-0.39, 0.29) is 12.3 Å². The molecule has 1 amide bonds. The van der Waals surface area contributed by atoms with Crippen molar-refractivity contribution in [1.29, 1.82) is 0 Å². The van der Waals surface area contributed by atoms with Crippen molar-refractivity contribution in [3.05, 3.63) is 24.0 Å². The van der Waals surface area contributed by atoms with Gasteiger partial charge < -0.3 is 15.7 Å². The first kappa shape index (κ1) is 16.1. The van der Waals surface area contributed by atoms with Crippen LogP contribution in [0.15, 0.2) is 18.3 Å². The van der Waals surface area contributed by atoms with Crippen LogP contribution in [-0.2, 0) is 16.0 Å². The molecule has 0 atom stereocenters. The van der Waals surface area contributed by atoms with Gasteiger partial charge in [-0.1, -0.05) is 13.8 Å². The first-order valence-electron chi connectivity index (χ1n) is 6.67. The molecule has 110 valence electrons. The maximum atomic E-state index is 11.7. The Morgan fingerprint density at radius 1 is 1.35 bits per heavy atom. The highest BCUT2D eigenvalue weighted by Crippen LogP contribution is 2.07. The molecule has 1 aromatic rings. The monoisotopic (exact) mass is 279 g/mol. The summed E-state index contributed by atoms with van der Waals surface area (Å²) in [5.41, 5.74) is 1.05. The van der Waals surface area contributed by atoms with Gasteiger partial charge in [-0.05, 0) is 25.1 Å². The quantitative estimate of drug-likeness (QED) is 0.626. The summed E-state index contributed by atoms with van der Waals surface area (Å²) in [6.45, 7) is 4.93. The summed E-state index contributed by atoms with van der Waals surface area (Å²) in [5, 5.41) is 14.6. The van der Waals surface area contributed by atoms with Crippen molar-refractivity contribution in [1.82, 2.24) is 10.3 Å². The highest BCUT2D eigenvalue weighted by atomic mass is 16.4. The number of nitrogens with one attached hydrogen (secondary N) is 2. The Kier molecular flexibility index (Phi) is 6.66. The standard InChI is InChI=1S/C14H21N3O3/c1-10(2)15-7-3-4-13(18)17-12-6-5-11(16-9-12)8-14(19)20/h5-6,9-10,15H,3-4,7-8H2,1-2H3,(H,17,18)(H,19,20). The van der Waals surface area contributed by atoms with Crippen molar-refractivity contribution >= 4 is 17.6 Å². The number of hydrogen-bond donors (Lipinski definition) is 3. The van der Waals surface area contributed by atoms with Crippen LogP contribution in [0.4, 0.5) is 5.69 Å². The van der Waals surface area contributed by atoms with Gasteiger partial charge in [0.15, 0.2) is 0 Å². The number of amides is 1. The van der Waals surface area contributed by atoms with E-state index in [9.17, 15) is 9.59 Å². The molecule has 0 aromatic carbocycles. The third kappa shape index (κ3) is 6.84. The van der Waals surface area contributed by atoms with Gasteiger partial charge in [0.2, 0.25) is 5.91 Å². The molecule has 1 aromatic heterocycles. The van der Waals surface area contributed by atoms with E-state index in [1.54, 1.807) is 12.1 Å². The van der Waals surface area contributed by atoms with Gasteiger partial charge in [-0.15, -0.1) is 0 Å². The van der Waals surface area contributed by atoms with E-state index in [1.807, 2.05) is 0 Å². The summed E-state index contributed by atoms with van der Waals surface area (Å²) in [6, 6.07) is 3.68. The predicted molar refractivity (Wildman–Crippen MR) is 76.6 cm³/mol. The van der Waals surface area contributed by atoms with Crippen LogP contribution in [-0.4, -0.2) is 34.6 Å². The Bertz CT molecular complexity index is 443. The normalized spacial score (nSPS) is 10.6. The van der Waals surface area contributed by atoms with E-state index < -0.39 is 5.97 Å². The third-order valence-electron chi connectivity index (χ3n) is 2.57. The van der Waals surface area contributed by atoms with Gasteiger partial charge in [0.1, 0.15) is 0 Å². The zero-order valence-electron chi connectivity index (χ0n) is 11.8. The smallest absolute Gasteiger partial charge is 0.309 e. The maximum absolute atomic E-state index is 11.7. The van der Waals surface area contributed by atoms with Crippen LogP contribution in [0.2, 0.25) is 0 Å². The van der Waals surface area contributed by atoms with Crippen molar-refractivity contribution < 1.29 is 14.7 Å². The lowest BCUT2D eigenvalue weighted by Gasteiger charge is -2.08. The number of nitrogens with zero attached hydrogens (tertiary/aromatic N) is 1. The van der Waals surface area contributed by atoms with Crippen LogP contribution in [0.3, 0.4) is 0 Å². The molecule has 6 nitrogen and oxygen atoms in total. The highest BCUT2D eigenvalue weighted by molar-refractivity contribution is 5.90.